The third kappa shape index (κ3) is 5.46. The zero-order valence-electron chi connectivity index (χ0n) is 18.8. The number of methoxy groups -OCH3 is 2. The van der Waals surface area contributed by atoms with Crippen molar-refractivity contribution in [3.05, 3.63) is 89.6 Å². The van der Waals surface area contributed by atoms with Crippen LogP contribution >= 0.6 is 0 Å². The topological polar surface area (TPSA) is 69.7 Å². The number of carbonyl (C=O) groups is 1. The van der Waals surface area contributed by atoms with Gasteiger partial charge in [-0.25, -0.2) is 0 Å². The lowest BCUT2D eigenvalue weighted by Crippen LogP contribution is -2.22. The number of amides is 1. The van der Waals surface area contributed by atoms with Gasteiger partial charge in [0.15, 0.2) is 11.5 Å². The third-order valence-electron chi connectivity index (χ3n) is 5.26. The Hall–Kier alpha value is -4.27. The van der Waals surface area contributed by atoms with Gasteiger partial charge in [0.25, 0.3) is 5.91 Å². The molecule has 0 unspecified atom stereocenters. The summed E-state index contributed by atoms with van der Waals surface area (Å²) in [5.74, 6) is 1.69. The van der Waals surface area contributed by atoms with E-state index in [2.05, 4.69) is 10.3 Å². The molecule has 0 radical (unpaired) electrons. The van der Waals surface area contributed by atoms with Crippen molar-refractivity contribution in [1.82, 2.24) is 10.3 Å². The Kier molecular flexibility index (Phi) is 6.77. The van der Waals surface area contributed by atoms with E-state index in [1.165, 1.54) is 19.2 Å². The maximum Gasteiger partial charge on any atom is 0.416 e. The van der Waals surface area contributed by atoms with Gasteiger partial charge in [-0.2, -0.15) is 13.2 Å². The highest BCUT2D eigenvalue weighted by Crippen LogP contribution is 2.37. The van der Waals surface area contributed by atoms with Gasteiger partial charge in [-0.3, -0.25) is 9.78 Å². The molecule has 0 aliphatic carbocycles. The van der Waals surface area contributed by atoms with Gasteiger partial charge in [0.2, 0.25) is 0 Å². The lowest BCUT2D eigenvalue weighted by molar-refractivity contribution is -0.137. The molecule has 1 aromatic heterocycles. The van der Waals surface area contributed by atoms with Crippen LogP contribution in [-0.4, -0.2) is 25.1 Å². The van der Waals surface area contributed by atoms with Gasteiger partial charge in [0, 0.05) is 29.8 Å². The monoisotopic (exact) mass is 482 g/mol. The fourth-order valence-corrected chi connectivity index (χ4v) is 3.48. The maximum atomic E-state index is 12.9. The summed E-state index contributed by atoms with van der Waals surface area (Å²) in [6, 6.07) is 16.5. The Bertz CT molecular complexity index is 1360. The SMILES string of the molecule is COc1cc2nccc(Oc3ccc(C(=O)NCc4cccc(C(F)(F)F)c4)cc3)c2cc1OC. The van der Waals surface area contributed by atoms with Gasteiger partial charge in [0.1, 0.15) is 11.5 Å². The molecule has 4 aromatic rings. The predicted molar refractivity (Wildman–Crippen MR) is 124 cm³/mol. The summed E-state index contributed by atoms with van der Waals surface area (Å²) in [6.07, 6.45) is -2.83. The first-order valence-electron chi connectivity index (χ1n) is 10.5. The summed E-state index contributed by atoms with van der Waals surface area (Å²) in [7, 11) is 3.08. The molecular weight excluding hydrogens is 461 g/mol. The second kappa shape index (κ2) is 9.92. The number of rotatable bonds is 7. The fraction of sp³-hybridized carbons (Fsp3) is 0.154. The van der Waals surface area contributed by atoms with E-state index in [-0.39, 0.29) is 6.54 Å². The Morgan fingerprint density at radius 1 is 0.914 bits per heavy atom. The van der Waals surface area contributed by atoms with Crippen molar-refractivity contribution >= 4 is 16.8 Å². The second-order valence-corrected chi connectivity index (χ2v) is 7.54. The van der Waals surface area contributed by atoms with Crippen LogP contribution in [0.15, 0.2) is 72.9 Å². The van der Waals surface area contributed by atoms with Crippen molar-refractivity contribution in [2.75, 3.05) is 14.2 Å². The molecule has 0 bridgehead atoms. The number of pyridine rings is 1. The van der Waals surface area contributed by atoms with Crippen LogP contribution < -0.4 is 19.5 Å². The molecule has 0 aliphatic rings. The molecule has 9 heteroatoms. The normalized spacial score (nSPS) is 11.2. The molecule has 4 rings (SSSR count). The highest BCUT2D eigenvalue weighted by Gasteiger charge is 2.30. The summed E-state index contributed by atoms with van der Waals surface area (Å²) in [6.45, 7) is -0.0324. The molecule has 0 atom stereocenters. The van der Waals surface area contributed by atoms with E-state index in [9.17, 15) is 18.0 Å². The van der Waals surface area contributed by atoms with Crippen LogP contribution in [0.2, 0.25) is 0 Å². The third-order valence-corrected chi connectivity index (χ3v) is 5.26. The van der Waals surface area contributed by atoms with E-state index in [1.807, 2.05) is 0 Å². The molecule has 6 nitrogen and oxygen atoms in total. The van der Waals surface area contributed by atoms with Crippen LogP contribution in [-0.2, 0) is 12.7 Å². The number of nitrogens with one attached hydrogen (secondary N) is 1. The van der Waals surface area contributed by atoms with E-state index in [4.69, 9.17) is 14.2 Å². The van der Waals surface area contributed by atoms with Gasteiger partial charge in [-0.1, -0.05) is 12.1 Å². The van der Waals surface area contributed by atoms with Crippen molar-refractivity contribution in [3.8, 4) is 23.0 Å². The quantitative estimate of drug-likeness (QED) is 0.350. The first-order chi connectivity index (χ1) is 16.8. The average Bonchev–Trinajstić information content (AvgIpc) is 2.86. The predicted octanol–water partition coefficient (Wildman–Crippen LogP) is 5.99. The van der Waals surface area contributed by atoms with Crippen LogP contribution in [0, 0.1) is 0 Å². The summed E-state index contributed by atoms with van der Waals surface area (Å²) >= 11 is 0. The van der Waals surface area contributed by atoms with Crippen LogP contribution in [0.25, 0.3) is 10.9 Å². The van der Waals surface area contributed by atoms with Gasteiger partial charge < -0.3 is 19.5 Å². The molecule has 0 spiro atoms. The summed E-state index contributed by atoms with van der Waals surface area (Å²) in [5.41, 5.74) is 0.594. The summed E-state index contributed by atoms with van der Waals surface area (Å²) in [4.78, 5) is 16.8. The number of aromatic nitrogens is 1. The van der Waals surface area contributed by atoms with Crippen molar-refractivity contribution in [2.24, 2.45) is 0 Å². The molecule has 180 valence electrons. The number of carbonyl (C=O) groups excluding carboxylic acids is 1. The number of fused-ring (bicyclic) bond motifs is 1. The minimum Gasteiger partial charge on any atom is -0.493 e. The first-order valence-corrected chi connectivity index (χ1v) is 10.5. The molecule has 3 aromatic carbocycles. The molecule has 0 fully saturated rings. The maximum absolute atomic E-state index is 12.9. The Morgan fingerprint density at radius 2 is 1.63 bits per heavy atom. The smallest absolute Gasteiger partial charge is 0.416 e. The van der Waals surface area contributed by atoms with Crippen molar-refractivity contribution in [2.45, 2.75) is 12.7 Å². The Labute approximate surface area is 199 Å². The van der Waals surface area contributed by atoms with Gasteiger partial charge in [-0.05, 0) is 54.1 Å². The molecule has 0 saturated heterocycles. The van der Waals surface area contributed by atoms with Crippen molar-refractivity contribution in [1.29, 1.82) is 0 Å². The van der Waals surface area contributed by atoms with E-state index >= 15 is 0 Å². The molecular formula is C26H21F3N2O4. The number of nitrogens with zero attached hydrogens (tertiary/aromatic N) is 1. The molecule has 1 heterocycles. The fourth-order valence-electron chi connectivity index (χ4n) is 3.48. The standard InChI is InChI=1S/C26H21F3N2O4/c1-33-23-13-20-21(14-24(23)34-2)30-11-10-22(20)35-19-8-6-17(7-9-19)25(32)31-15-16-4-3-5-18(12-16)26(27,28)29/h3-14H,15H2,1-2H3,(H,31,32). The Balaban J connectivity index is 1.46. The van der Waals surface area contributed by atoms with Crippen LogP contribution in [0.3, 0.4) is 0 Å². The largest absolute Gasteiger partial charge is 0.493 e. The van der Waals surface area contributed by atoms with Crippen LogP contribution in [0.4, 0.5) is 13.2 Å². The number of hydrogen-bond acceptors (Lipinski definition) is 5. The number of alkyl halides is 3. The van der Waals surface area contributed by atoms with Crippen molar-refractivity contribution in [3.63, 3.8) is 0 Å². The van der Waals surface area contributed by atoms with Crippen LogP contribution in [0.1, 0.15) is 21.5 Å². The van der Waals surface area contributed by atoms with E-state index in [1.54, 1.807) is 55.8 Å². The van der Waals surface area contributed by atoms with E-state index < -0.39 is 17.6 Å². The minimum atomic E-state index is -4.44. The lowest BCUT2D eigenvalue weighted by Gasteiger charge is -2.12. The highest BCUT2D eigenvalue weighted by atomic mass is 19.4. The zero-order valence-corrected chi connectivity index (χ0v) is 18.8. The number of benzene rings is 3. The molecule has 35 heavy (non-hydrogen) atoms. The zero-order chi connectivity index (χ0) is 25.0. The van der Waals surface area contributed by atoms with Gasteiger partial charge in [0.05, 0.1) is 25.3 Å². The number of ether oxygens (including phenoxy) is 3. The minimum absolute atomic E-state index is 0.0324. The van der Waals surface area contributed by atoms with Crippen LogP contribution in [0.5, 0.6) is 23.0 Å². The lowest BCUT2D eigenvalue weighted by atomic mass is 10.1. The number of hydrogen-bond donors (Lipinski definition) is 1. The summed E-state index contributed by atoms with van der Waals surface area (Å²) in [5, 5.41) is 3.35. The van der Waals surface area contributed by atoms with E-state index in [0.29, 0.717) is 45.0 Å². The van der Waals surface area contributed by atoms with Crippen molar-refractivity contribution < 1.29 is 32.2 Å². The van der Waals surface area contributed by atoms with Gasteiger partial charge in [-0.15, -0.1) is 0 Å². The Morgan fingerprint density at radius 3 is 2.31 bits per heavy atom. The van der Waals surface area contributed by atoms with E-state index in [0.717, 1.165) is 12.1 Å². The molecule has 0 saturated carbocycles. The van der Waals surface area contributed by atoms with Gasteiger partial charge >= 0.3 is 6.18 Å². The summed E-state index contributed by atoms with van der Waals surface area (Å²) < 4.78 is 55.3. The second-order valence-electron chi connectivity index (χ2n) is 7.54. The molecule has 0 aliphatic heterocycles. The highest BCUT2D eigenvalue weighted by molar-refractivity contribution is 5.94. The molecule has 1 N–H and O–H groups in total. The first kappa shape index (κ1) is 23.9. The average molecular weight is 482 g/mol. The number of halogens is 3. The molecule has 1 amide bonds.